The molecule has 21 heteroatoms. The Morgan fingerprint density at radius 2 is 1.00 bits per heavy atom. The van der Waals surface area contributed by atoms with Crippen molar-refractivity contribution in [2.75, 3.05) is 6.61 Å². The zero-order valence-electron chi connectivity index (χ0n) is 25.5. The van der Waals surface area contributed by atoms with E-state index in [2.05, 4.69) is 20.3 Å². The molecular formula is C24H53O18P3. The van der Waals surface area contributed by atoms with Crippen LogP contribution in [-0.4, -0.2) is 98.4 Å². The fraction of sp³-hybridized carbons (Fsp3) is 0.958. The van der Waals surface area contributed by atoms with E-state index in [-0.39, 0.29) is 6.42 Å². The zero-order chi connectivity index (χ0) is 35.1. The number of aliphatic hydroxyl groups is 6. The minimum absolute atomic E-state index is 0.307. The second-order valence-corrected chi connectivity index (χ2v) is 14.4. The van der Waals surface area contributed by atoms with Crippen LogP contribution in [0.25, 0.3) is 0 Å². The van der Waals surface area contributed by atoms with Crippen molar-refractivity contribution < 1.29 is 87.0 Å². The summed E-state index contributed by atoms with van der Waals surface area (Å²) in [6, 6.07) is 0. The molecule has 0 aliphatic heterocycles. The number of hydrogen-bond acceptors (Lipinski definition) is 13. The Morgan fingerprint density at radius 1 is 0.622 bits per heavy atom. The molecule has 45 heavy (non-hydrogen) atoms. The van der Waals surface area contributed by atoms with E-state index in [1.54, 1.807) is 0 Å². The lowest BCUT2D eigenvalue weighted by molar-refractivity contribution is -0.186. The molecule has 0 rings (SSSR count). The van der Waals surface area contributed by atoms with Crippen LogP contribution in [0.15, 0.2) is 0 Å². The van der Waals surface area contributed by atoms with Crippen molar-refractivity contribution in [3.8, 4) is 0 Å². The van der Waals surface area contributed by atoms with Gasteiger partial charge in [-0.25, -0.2) is 18.2 Å². The zero-order valence-corrected chi connectivity index (χ0v) is 28.2. The molecule has 11 N–H and O–H groups in total. The van der Waals surface area contributed by atoms with Gasteiger partial charge in [-0.05, 0) is 6.42 Å². The van der Waals surface area contributed by atoms with Crippen LogP contribution in [0.4, 0.5) is 0 Å². The topological polar surface area (TPSA) is 318 Å². The summed E-state index contributed by atoms with van der Waals surface area (Å²) in [7, 11) is -15.8. The summed E-state index contributed by atoms with van der Waals surface area (Å²) in [6.07, 6.45) is 4.33. The Morgan fingerprint density at radius 3 is 1.36 bits per heavy atom. The van der Waals surface area contributed by atoms with Crippen LogP contribution in [0.5, 0.6) is 0 Å². The monoisotopic (exact) mass is 722 g/mol. The van der Waals surface area contributed by atoms with Gasteiger partial charge < -0.3 is 59.6 Å². The molecule has 0 fully saturated rings. The molecule has 0 amide bonds. The average Bonchev–Trinajstić information content (AvgIpc) is 2.91. The molecule has 0 aromatic carbocycles. The molecule has 18 nitrogen and oxygen atoms in total. The molecule has 0 bridgehead atoms. The molecule has 0 aromatic rings. The van der Waals surface area contributed by atoms with E-state index < -0.39 is 66.8 Å². The van der Waals surface area contributed by atoms with E-state index in [0.29, 0.717) is 12.8 Å². The molecule has 0 spiro atoms. The van der Waals surface area contributed by atoms with Crippen molar-refractivity contribution in [2.45, 2.75) is 140 Å². The Kier molecular flexibility index (Phi) is 26.6. The largest absolute Gasteiger partial charge is 0.543 e. The van der Waals surface area contributed by atoms with Crippen LogP contribution in [0.1, 0.15) is 110 Å². The van der Waals surface area contributed by atoms with E-state index in [4.69, 9.17) is 34.1 Å². The van der Waals surface area contributed by atoms with Crippen molar-refractivity contribution in [3.63, 3.8) is 0 Å². The van der Waals surface area contributed by atoms with Gasteiger partial charge in [0.1, 0.15) is 24.4 Å². The van der Waals surface area contributed by atoms with Crippen molar-refractivity contribution in [1.29, 1.82) is 0 Å². The van der Waals surface area contributed by atoms with E-state index >= 15 is 0 Å². The molecule has 0 aliphatic rings. The van der Waals surface area contributed by atoms with Gasteiger partial charge in [-0.2, -0.15) is 4.31 Å². The molecule has 0 aliphatic carbocycles. The predicted molar refractivity (Wildman–Crippen MR) is 159 cm³/mol. The van der Waals surface area contributed by atoms with Gasteiger partial charge >= 0.3 is 29.4 Å². The average molecular weight is 723 g/mol. The van der Waals surface area contributed by atoms with Crippen molar-refractivity contribution >= 4 is 29.4 Å². The lowest BCUT2D eigenvalue weighted by Crippen LogP contribution is -2.50. The maximum atomic E-state index is 12.6. The summed E-state index contributed by atoms with van der Waals surface area (Å²) in [5.74, 6) is -1.22. The third-order valence-corrected chi connectivity index (χ3v) is 8.77. The van der Waals surface area contributed by atoms with Crippen LogP contribution in [0.2, 0.25) is 0 Å². The highest BCUT2D eigenvalue weighted by atomic mass is 31.3. The molecule has 0 saturated carbocycles. The third kappa shape index (κ3) is 29.5. The fourth-order valence-electron chi connectivity index (χ4n) is 3.90. The van der Waals surface area contributed by atoms with Crippen LogP contribution in [-0.2, 0) is 31.8 Å². The highest BCUT2D eigenvalue weighted by Gasteiger charge is 2.45. The molecule has 0 heterocycles. The first-order valence-corrected chi connectivity index (χ1v) is 19.4. The van der Waals surface area contributed by atoms with Crippen molar-refractivity contribution in [3.05, 3.63) is 0 Å². The minimum atomic E-state index is -5.60. The van der Waals surface area contributed by atoms with E-state index in [1.807, 2.05) is 0 Å². The Bertz CT molecular complexity index is 888. The molecular weight excluding hydrogens is 669 g/mol. The van der Waals surface area contributed by atoms with Gasteiger partial charge in [-0.1, -0.05) is 96.8 Å². The van der Waals surface area contributed by atoms with Crippen molar-refractivity contribution in [1.82, 2.24) is 0 Å². The molecule has 0 radical (unpaired) electrons. The lowest BCUT2D eigenvalue weighted by atomic mass is 10.0. The Hall–Kier alpha value is -0.360. The second-order valence-electron chi connectivity index (χ2n) is 10.4. The van der Waals surface area contributed by atoms with Crippen LogP contribution >= 0.6 is 23.5 Å². The number of hydrogen-bond donors (Lipinski definition) is 11. The minimum Gasteiger partial charge on any atom is -0.394 e. The quantitative estimate of drug-likeness (QED) is 0.0345. The van der Waals surface area contributed by atoms with Crippen LogP contribution < -0.4 is 0 Å². The summed E-state index contributed by atoms with van der Waals surface area (Å²) >= 11 is 0. The summed E-state index contributed by atoms with van der Waals surface area (Å²) in [5.41, 5.74) is 0. The lowest BCUT2D eigenvalue weighted by Gasteiger charge is -2.29. The Labute approximate surface area is 263 Å². The molecule has 6 atom stereocenters. The first-order valence-electron chi connectivity index (χ1n) is 14.8. The number of phosphoric acid groups is 3. The molecule has 272 valence electrons. The van der Waals surface area contributed by atoms with Gasteiger partial charge in [0, 0.05) is 6.42 Å². The smallest absolute Gasteiger partial charge is 0.394 e. The van der Waals surface area contributed by atoms with Gasteiger partial charge in [0.05, 0.1) is 6.61 Å². The van der Waals surface area contributed by atoms with Crippen LogP contribution in [0.3, 0.4) is 0 Å². The summed E-state index contributed by atoms with van der Waals surface area (Å²) in [4.78, 5) is 51.6. The predicted octanol–water partition coefficient (Wildman–Crippen LogP) is 1.85. The van der Waals surface area contributed by atoms with Gasteiger partial charge in [0.2, 0.25) is 0 Å². The fourth-order valence-corrected chi connectivity index (χ4v) is 6.00. The van der Waals surface area contributed by atoms with Gasteiger partial charge in [0.25, 0.3) is 0 Å². The summed E-state index contributed by atoms with van der Waals surface area (Å²) < 4.78 is 45.4. The SMILES string of the molecule is CCCCCCCCCCCCCCCCCC(=O)OP(=O)(OC(O)[C@H](O)[C@@H](O)[C@H](O)[C@H](O)CO)OP(=O)(O)O.O=P(O)(O)O. The van der Waals surface area contributed by atoms with Crippen molar-refractivity contribution in [2.24, 2.45) is 0 Å². The molecule has 0 saturated heterocycles. The number of rotatable bonds is 26. The first-order chi connectivity index (χ1) is 20.8. The van der Waals surface area contributed by atoms with Gasteiger partial charge in [-0.3, -0.25) is 4.79 Å². The highest BCUT2D eigenvalue weighted by molar-refractivity contribution is 7.61. The number of carbonyl (C=O) groups is 1. The molecule has 0 aromatic heterocycles. The number of phosphoric ester groups is 1. The standard InChI is InChI=1S/C24H50O14P2.H3O4P/c1-2-3-4-5-6-7-8-9-10-11-12-13-14-15-16-17-20(27)36-40(35,38-39(32,33)34)37-24(31)23(30)22(29)21(28)19(26)18-25;1-5(2,3)4/h19,21-26,28-31H,2-18H2,1H3,(H2,32,33,34);(H3,1,2,3,4)/t19-,21-,22+,23-,24?,40?;/m1./s1. The highest BCUT2D eigenvalue weighted by Crippen LogP contribution is 2.62. The number of carbonyl (C=O) groups excluding carboxylic acids is 1. The Balaban J connectivity index is 0. The van der Waals surface area contributed by atoms with E-state index in [9.17, 15) is 39.5 Å². The maximum Gasteiger partial charge on any atom is 0.543 e. The van der Waals surface area contributed by atoms with Gasteiger partial charge in [0.15, 0.2) is 6.29 Å². The van der Waals surface area contributed by atoms with E-state index in [1.165, 1.54) is 57.8 Å². The normalized spacial score (nSPS) is 16.9. The summed E-state index contributed by atoms with van der Waals surface area (Å²) in [5, 5.41) is 57.2. The summed E-state index contributed by atoms with van der Waals surface area (Å²) in [6.45, 7) is 1.18. The van der Waals surface area contributed by atoms with Crippen LogP contribution in [0, 0.1) is 0 Å². The number of unbranched alkanes of at least 4 members (excludes halogenated alkanes) is 14. The molecule has 2 unspecified atom stereocenters. The third-order valence-electron chi connectivity index (χ3n) is 6.21. The number of aliphatic hydroxyl groups excluding tert-OH is 6. The van der Waals surface area contributed by atoms with Gasteiger partial charge in [-0.15, -0.1) is 0 Å². The second kappa shape index (κ2) is 25.6. The van der Waals surface area contributed by atoms with E-state index in [0.717, 1.165) is 25.7 Å². The maximum absolute atomic E-state index is 12.6. The first kappa shape index (κ1) is 46.8.